The molecule has 1 aliphatic rings. The molecule has 0 saturated carbocycles. The number of aromatic nitrogens is 3. The Morgan fingerprint density at radius 2 is 2.25 bits per heavy atom. The van der Waals surface area contributed by atoms with Crippen LogP contribution in [0, 0.1) is 12.8 Å². The van der Waals surface area contributed by atoms with Crippen molar-refractivity contribution in [3.63, 3.8) is 0 Å². The zero-order valence-corrected chi connectivity index (χ0v) is 14.2. The molecule has 3 rings (SSSR count). The van der Waals surface area contributed by atoms with E-state index in [1.165, 1.54) is 0 Å². The number of hydrogen-bond donors (Lipinski definition) is 2. The number of nitrogens with one attached hydrogen (secondary N) is 2. The fourth-order valence-corrected chi connectivity index (χ4v) is 3.38. The lowest BCUT2D eigenvalue weighted by molar-refractivity contribution is -0.137. The van der Waals surface area contributed by atoms with Gasteiger partial charge in [0, 0.05) is 51.6 Å². The number of aryl methyl sites for hydroxylation is 2. The Balaban J connectivity index is 1.75. The van der Waals surface area contributed by atoms with Crippen LogP contribution in [0.15, 0.2) is 24.7 Å². The van der Waals surface area contributed by atoms with Gasteiger partial charge in [0.2, 0.25) is 5.91 Å². The van der Waals surface area contributed by atoms with Crippen molar-refractivity contribution in [3.05, 3.63) is 41.7 Å². The van der Waals surface area contributed by atoms with Gasteiger partial charge >= 0.3 is 0 Å². The second kappa shape index (κ2) is 6.51. The van der Waals surface area contributed by atoms with E-state index in [4.69, 9.17) is 0 Å². The standard InChI is InChI=1S/C17H23N5O2/c1-11-6-7-18-14(11)17(24)20-10-12-4-5-13(23)22(3)15(12)16-19-8-9-21(16)2/h6-9,12,15,18H,4-5,10H2,1-3H3,(H,20,24)/t12-,15+/m1/s1. The van der Waals surface area contributed by atoms with Crippen LogP contribution in [0.4, 0.5) is 0 Å². The van der Waals surface area contributed by atoms with E-state index in [1.54, 1.807) is 17.3 Å². The molecule has 1 saturated heterocycles. The molecule has 2 N–H and O–H groups in total. The zero-order valence-electron chi connectivity index (χ0n) is 14.2. The maximum absolute atomic E-state index is 12.3. The van der Waals surface area contributed by atoms with Gasteiger partial charge in [0.25, 0.3) is 5.91 Å². The van der Waals surface area contributed by atoms with Crippen LogP contribution in [0.25, 0.3) is 0 Å². The summed E-state index contributed by atoms with van der Waals surface area (Å²) in [5.74, 6) is 0.982. The number of H-pyrrole nitrogens is 1. The van der Waals surface area contributed by atoms with Crippen LogP contribution in [-0.4, -0.2) is 44.8 Å². The smallest absolute Gasteiger partial charge is 0.267 e. The molecule has 2 atom stereocenters. The van der Waals surface area contributed by atoms with E-state index in [1.807, 2.05) is 37.8 Å². The first-order chi connectivity index (χ1) is 11.5. The Labute approximate surface area is 141 Å². The molecule has 7 heteroatoms. The third-order valence-electron chi connectivity index (χ3n) is 4.82. The van der Waals surface area contributed by atoms with Crippen LogP contribution in [0.1, 0.15) is 40.8 Å². The SMILES string of the molecule is Cc1cc[nH]c1C(=O)NC[C@H]1CCC(=O)N(C)[C@@H]1c1nccn1C. The summed E-state index contributed by atoms with van der Waals surface area (Å²) < 4.78 is 1.93. The summed E-state index contributed by atoms with van der Waals surface area (Å²) in [6.07, 6.45) is 6.61. The van der Waals surface area contributed by atoms with E-state index >= 15 is 0 Å². The van der Waals surface area contributed by atoms with Crippen molar-refractivity contribution in [2.75, 3.05) is 13.6 Å². The summed E-state index contributed by atoms with van der Waals surface area (Å²) in [6.45, 7) is 2.40. The summed E-state index contributed by atoms with van der Waals surface area (Å²) in [5.41, 5.74) is 1.51. The zero-order chi connectivity index (χ0) is 17.3. The molecule has 2 aromatic rings. The van der Waals surface area contributed by atoms with Crippen molar-refractivity contribution in [2.24, 2.45) is 13.0 Å². The van der Waals surface area contributed by atoms with Crippen LogP contribution >= 0.6 is 0 Å². The average molecular weight is 329 g/mol. The topological polar surface area (TPSA) is 83.0 Å². The second-order valence-electron chi connectivity index (χ2n) is 6.39. The lowest BCUT2D eigenvalue weighted by atomic mass is 9.88. The van der Waals surface area contributed by atoms with E-state index in [-0.39, 0.29) is 23.8 Å². The number of aromatic amines is 1. The van der Waals surface area contributed by atoms with Gasteiger partial charge in [-0.3, -0.25) is 9.59 Å². The van der Waals surface area contributed by atoms with Gasteiger partial charge in [0.05, 0.1) is 6.04 Å². The van der Waals surface area contributed by atoms with Gasteiger partial charge in [-0.2, -0.15) is 0 Å². The fraction of sp³-hybridized carbons (Fsp3) is 0.471. The van der Waals surface area contributed by atoms with E-state index in [2.05, 4.69) is 15.3 Å². The van der Waals surface area contributed by atoms with Gasteiger partial charge in [-0.15, -0.1) is 0 Å². The number of hydrogen-bond acceptors (Lipinski definition) is 3. The van der Waals surface area contributed by atoms with Crippen molar-refractivity contribution in [3.8, 4) is 0 Å². The van der Waals surface area contributed by atoms with Crippen LogP contribution in [0.5, 0.6) is 0 Å². The lowest BCUT2D eigenvalue weighted by Crippen LogP contribution is -2.45. The number of amides is 2. The fourth-order valence-electron chi connectivity index (χ4n) is 3.38. The highest BCUT2D eigenvalue weighted by molar-refractivity contribution is 5.93. The quantitative estimate of drug-likeness (QED) is 0.889. The van der Waals surface area contributed by atoms with Crippen LogP contribution in [0.3, 0.4) is 0 Å². The molecule has 0 spiro atoms. The number of carbonyl (C=O) groups excluding carboxylic acids is 2. The number of carbonyl (C=O) groups is 2. The number of likely N-dealkylation sites (tertiary alicyclic amines) is 1. The summed E-state index contributed by atoms with van der Waals surface area (Å²) >= 11 is 0. The van der Waals surface area contributed by atoms with Gasteiger partial charge in [-0.25, -0.2) is 4.98 Å². The Kier molecular flexibility index (Phi) is 4.42. The molecule has 24 heavy (non-hydrogen) atoms. The van der Waals surface area contributed by atoms with E-state index in [9.17, 15) is 9.59 Å². The van der Waals surface area contributed by atoms with Gasteiger partial charge in [-0.1, -0.05) is 0 Å². The highest BCUT2D eigenvalue weighted by atomic mass is 16.2. The van der Waals surface area contributed by atoms with Crippen molar-refractivity contribution in [1.82, 2.24) is 24.8 Å². The summed E-state index contributed by atoms with van der Waals surface area (Å²) in [6, 6.07) is 1.75. The first-order valence-corrected chi connectivity index (χ1v) is 8.14. The van der Waals surface area contributed by atoms with Gasteiger partial charge in [-0.05, 0) is 25.0 Å². The number of rotatable bonds is 4. The maximum Gasteiger partial charge on any atom is 0.267 e. The summed E-state index contributed by atoms with van der Waals surface area (Å²) in [5, 5.41) is 3.00. The number of piperidine rings is 1. The first-order valence-electron chi connectivity index (χ1n) is 8.14. The molecular weight excluding hydrogens is 306 g/mol. The largest absolute Gasteiger partial charge is 0.357 e. The molecule has 0 radical (unpaired) electrons. The molecule has 0 bridgehead atoms. The Hall–Kier alpha value is -2.57. The summed E-state index contributed by atoms with van der Waals surface area (Å²) in [7, 11) is 3.73. The first kappa shape index (κ1) is 16.3. The Morgan fingerprint density at radius 3 is 2.88 bits per heavy atom. The highest BCUT2D eigenvalue weighted by Gasteiger charge is 2.37. The molecule has 2 amide bonds. The highest BCUT2D eigenvalue weighted by Crippen LogP contribution is 2.34. The predicted molar refractivity (Wildman–Crippen MR) is 89.3 cm³/mol. The van der Waals surface area contributed by atoms with Crippen molar-refractivity contribution in [1.29, 1.82) is 0 Å². The molecule has 128 valence electrons. The normalized spacial score (nSPS) is 21.1. The molecule has 1 fully saturated rings. The third kappa shape index (κ3) is 2.93. The van der Waals surface area contributed by atoms with E-state index < -0.39 is 0 Å². The summed E-state index contributed by atoms with van der Waals surface area (Å²) in [4.78, 5) is 33.6. The van der Waals surface area contributed by atoms with Gasteiger partial charge in [0.15, 0.2) is 0 Å². The maximum atomic E-state index is 12.3. The minimum absolute atomic E-state index is 0.115. The predicted octanol–water partition coefficient (Wildman–Crippen LogP) is 1.40. The van der Waals surface area contributed by atoms with Gasteiger partial charge in [0.1, 0.15) is 11.5 Å². The van der Waals surface area contributed by atoms with Crippen LogP contribution in [-0.2, 0) is 11.8 Å². The molecule has 7 nitrogen and oxygen atoms in total. The molecule has 0 aliphatic carbocycles. The number of imidazole rings is 1. The molecule has 0 aromatic carbocycles. The van der Waals surface area contributed by atoms with Crippen LogP contribution in [0.2, 0.25) is 0 Å². The monoisotopic (exact) mass is 329 g/mol. The molecule has 3 heterocycles. The van der Waals surface area contributed by atoms with E-state index in [0.717, 1.165) is 17.8 Å². The molecule has 2 aromatic heterocycles. The van der Waals surface area contributed by atoms with Crippen LogP contribution < -0.4 is 5.32 Å². The Bertz CT molecular complexity index is 748. The molecule has 1 aliphatic heterocycles. The Morgan fingerprint density at radius 1 is 1.46 bits per heavy atom. The third-order valence-corrected chi connectivity index (χ3v) is 4.82. The van der Waals surface area contributed by atoms with E-state index in [0.29, 0.717) is 18.7 Å². The number of nitrogens with zero attached hydrogens (tertiary/aromatic N) is 3. The van der Waals surface area contributed by atoms with Crippen molar-refractivity contribution in [2.45, 2.75) is 25.8 Å². The lowest BCUT2D eigenvalue weighted by Gasteiger charge is -2.38. The minimum atomic E-state index is -0.128. The minimum Gasteiger partial charge on any atom is -0.357 e. The van der Waals surface area contributed by atoms with Gasteiger partial charge < -0.3 is 19.8 Å². The second-order valence-corrected chi connectivity index (χ2v) is 6.39. The van der Waals surface area contributed by atoms with Crippen molar-refractivity contribution < 1.29 is 9.59 Å². The molecule has 0 unspecified atom stereocenters. The molecular formula is C17H23N5O2. The van der Waals surface area contributed by atoms with Crippen molar-refractivity contribution >= 4 is 11.8 Å². The average Bonchev–Trinajstić information content (AvgIpc) is 3.17.